The van der Waals surface area contributed by atoms with E-state index >= 15 is 0 Å². The van der Waals surface area contributed by atoms with Crippen LogP contribution in [0.2, 0.25) is 0 Å². The molecule has 5 nitrogen and oxygen atoms in total. The van der Waals surface area contributed by atoms with Crippen molar-refractivity contribution in [2.24, 2.45) is 0 Å². The van der Waals surface area contributed by atoms with E-state index < -0.39 is 5.97 Å². The third-order valence-electron chi connectivity index (χ3n) is 3.28. The standard InChI is InChI=1S/C14H12N2O3S2/c17-10(18)6-3-7-16-13(19)12-11(15-14(16)20)8-4-1-2-5-9(8)21-12/h1-2,4-5H,3,6-7H2,(H,15,20)(H,17,18). The first-order valence-corrected chi connectivity index (χ1v) is 7.66. The van der Waals surface area contributed by atoms with E-state index in [9.17, 15) is 9.59 Å². The molecule has 0 aliphatic heterocycles. The molecule has 108 valence electrons. The molecule has 2 aromatic heterocycles. The van der Waals surface area contributed by atoms with Gasteiger partial charge in [-0.15, -0.1) is 11.3 Å². The number of H-pyrrole nitrogens is 1. The van der Waals surface area contributed by atoms with Crippen LogP contribution in [0, 0.1) is 4.77 Å². The van der Waals surface area contributed by atoms with Gasteiger partial charge in [-0.25, -0.2) is 0 Å². The number of nitrogens with one attached hydrogen (secondary N) is 1. The summed E-state index contributed by atoms with van der Waals surface area (Å²) < 4.78 is 3.43. The maximum Gasteiger partial charge on any atom is 0.303 e. The molecular weight excluding hydrogens is 308 g/mol. The van der Waals surface area contributed by atoms with Crippen LogP contribution in [0.15, 0.2) is 29.1 Å². The average Bonchev–Trinajstić information content (AvgIpc) is 2.81. The molecule has 0 unspecified atom stereocenters. The van der Waals surface area contributed by atoms with Crippen LogP contribution in [0.4, 0.5) is 0 Å². The Kier molecular flexibility index (Phi) is 3.60. The largest absolute Gasteiger partial charge is 0.481 e. The van der Waals surface area contributed by atoms with E-state index in [4.69, 9.17) is 17.3 Å². The summed E-state index contributed by atoms with van der Waals surface area (Å²) >= 11 is 6.66. The van der Waals surface area contributed by atoms with Crippen molar-refractivity contribution in [3.8, 4) is 0 Å². The Bertz CT molecular complexity index is 952. The van der Waals surface area contributed by atoms with Crippen molar-refractivity contribution in [1.29, 1.82) is 0 Å². The second-order valence-electron chi connectivity index (χ2n) is 4.69. The van der Waals surface area contributed by atoms with Crippen LogP contribution in [0.25, 0.3) is 20.3 Å². The third-order valence-corrected chi connectivity index (χ3v) is 4.77. The second-order valence-corrected chi connectivity index (χ2v) is 6.13. The van der Waals surface area contributed by atoms with Gasteiger partial charge in [0.05, 0.1) is 5.52 Å². The van der Waals surface area contributed by atoms with Crippen molar-refractivity contribution >= 4 is 49.8 Å². The Balaban J connectivity index is 2.15. The molecule has 7 heteroatoms. The number of aromatic nitrogens is 2. The van der Waals surface area contributed by atoms with Crippen molar-refractivity contribution in [3.63, 3.8) is 0 Å². The molecule has 0 aliphatic carbocycles. The molecule has 0 saturated carbocycles. The Morgan fingerprint density at radius 3 is 2.90 bits per heavy atom. The van der Waals surface area contributed by atoms with Crippen molar-refractivity contribution < 1.29 is 9.90 Å². The number of hydrogen-bond acceptors (Lipinski definition) is 4. The van der Waals surface area contributed by atoms with Crippen molar-refractivity contribution in [3.05, 3.63) is 39.4 Å². The van der Waals surface area contributed by atoms with Gasteiger partial charge < -0.3 is 10.1 Å². The predicted octanol–water partition coefficient (Wildman–Crippen LogP) is 3.14. The molecule has 3 aromatic rings. The number of carboxylic acid groups (broad SMARTS) is 1. The fourth-order valence-corrected chi connectivity index (χ4v) is 3.68. The molecule has 0 saturated heterocycles. The summed E-state index contributed by atoms with van der Waals surface area (Å²) in [4.78, 5) is 26.2. The van der Waals surface area contributed by atoms with Gasteiger partial charge in [-0.05, 0) is 24.7 Å². The number of rotatable bonds is 4. The zero-order valence-electron chi connectivity index (χ0n) is 11.0. The lowest BCUT2D eigenvalue weighted by atomic mass is 10.2. The van der Waals surface area contributed by atoms with Crippen LogP contribution in [0.3, 0.4) is 0 Å². The van der Waals surface area contributed by atoms with Gasteiger partial charge in [-0.1, -0.05) is 18.2 Å². The molecule has 0 amide bonds. The maximum atomic E-state index is 12.5. The van der Waals surface area contributed by atoms with Crippen LogP contribution in [0.1, 0.15) is 12.8 Å². The fourth-order valence-electron chi connectivity index (χ4n) is 2.30. The van der Waals surface area contributed by atoms with Crippen molar-refractivity contribution in [2.45, 2.75) is 19.4 Å². The molecule has 0 aliphatic rings. The molecule has 21 heavy (non-hydrogen) atoms. The molecule has 3 rings (SSSR count). The summed E-state index contributed by atoms with van der Waals surface area (Å²) in [5.41, 5.74) is 0.612. The summed E-state index contributed by atoms with van der Waals surface area (Å²) in [5, 5.41) is 9.66. The first-order valence-electron chi connectivity index (χ1n) is 6.44. The smallest absolute Gasteiger partial charge is 0.303 e. The van der Waals surface area contributed by atoms with Crippen LogP contribution >= 0.6 is 23.6 Å². The lowest BCUT2D eigenvalue weighted by molar-refractivity contribution is -0.137. The average molecular weight is 320 g/mol. The maximum absolute atomic E-state index is 12.5. The number of carbonyl (C=O) groups is 1. The topological polar surface area (TPSA) is 75.1 Å². The van der Waals surface area contributed by atoms with Crippen LogP contribution in [-0.2, 0) is 11.3 Å². The number of hydrogen-bond donors (Lipinski definition) is 2. The van der Waals surface area contributed by atoms with Gasteiger partial charge in [-0.3, -0.25) is 14.2 Å². The number of aromatic amines is 1. The highest BCUT2D eigenvalue weighted by Crippen LogP contribution is 2.29. The fraction of sp³-hybridized carbons (Fsp3) is 0.214. The van der Waals surface area contributed by atoms with Gasteiger partial charge in [0, 0.05) is 23.1 Å². The van der Waals surface area contributed by atoms with Gasteiger partial charge >= 0.3 is 5.97 Å². The highest BCUT2D eigenvalue weighted by molar-refractivity contribution is 7.71. The number of nitrogens with zero attached hydrogens (tertiary/aromatic N) is 1. The highest BCUT2D eigenvalue weighted by atomic mass is 32.1. The lowest BCUT2D eigenvalue weighted by Crippen LogP contribution is -2.21. The number of fused-ring (bicyclic) bond motifs is 3. The molecule has 2 heterocycles. The van der Waals surface area contributed by atoms with Crippen LogP contribution < -0.4 is 5.56 Å². The second kappa shape index (κ2) is 5.42. The number of benzene rings is 1. The minimum atomic E-state index is -0.874. The van der Waals surface area contributed by atoms with E-state index in [-0.39, 0.29) is 12.0 Å². The highest BCUT2D eigenvalue weighted by Gasteiger charge is 2.11. The number of thiophene rings is 1. The Morgan fingerprint density at radius 1 is 1.38 bits per heavy atom. The van der Waals surface area contributed by atoms with E-state index in [0.717, 1.165) is 15.6 Å². The van der Waals surface area contributed by atoms with Crippen LogP contribution in [0.5, 0.6) is 0 Å². The minimum absolute atomic E-state index is 0.0195. The van der Waals surface area contributed by atoms with Crippen molar-refractivity contribution in [1.82, 2.24) is 9.55 Å². The van der Waals surface area contributed by atoms with Gasteiger partial charge in [0.1, 0.15) is 4.70 Å². The van der Waals surface area contributed by atoms with E-state index in [1.54, 1.807) is 0 Å². The summed E-state index contributed by atoms with van der Waals surface area (Å²) in [6.45, 7) is 0.310. The van der Waals surface area contributed by atoms with E-state index in [1.807, 2.05) is 24.3 Å². The van der Waals surface area contributed by atoms with Gasteiger partial charge in [0.25, 0.3) is 5.56 Å². The van der Waals surface area contributed by atoms with Gasteiger partial charge in [-0.2, -0.15) is 0 Å². The summed E-state index contributed by atoms with van der Waals surface area (Å²) in [6.07, 6.45) is 0.398. The number of carboxylic acids is 1. The molecule has 1 aromatic carbocycles. The first-order chi connectivity index (χ1) is 10.1. The Morgan fingerprint density at radius 2 is 2.14 bits per heavy atom. The monoisotopic (exact) mass is 320 g/mol. The number of aliphatic carboxylic acids is 1. The molecule has 0 bridgehead atoms. The van der Waals surface area contributed by atoms with E-state index in [0.29, 0.717) is 22.4 Å². The first kappa shape index (κ1) is 14.0. The zero-order valence-corrected chi connectivity index (χ0v) is 12.6. The summed E-state index contributed by atoms with van der Waals surface area (Å²) in [6, 6.07) is 7.76. The molecule has 0 radical (unpaired) electrons. The normalized spacial score (nSPS) is 11.2. The van der Waals surface area contributed by atoms with E-state index in [2.05, 4.69) is 4.98 Å². The molecule has 2 N–H and O–H groups in total. The van der Waals surface area contributed by atoms with Crippen molar-refractivity contribution in [2.75, 3.05) is 0 Å². The minimum Gasteiger partial charge on any atom is -0.481 e. The summed E-state index contributed by atoms with van der Waals surface area (Å²) in [7, 11) is 0. The lowest BCUT2D eigenvalue weighted by Gasteiger charge is -2.05. The molecule has 0 fully saturated rings. The van der Waals surface area contributed by atoms with Gasteiger partial charge in [0.2, 0.25) is 0 Å². The quantitative estimate of drug-likeness (QED) is 0.724. The molecule has 0 spiro atoms. The summed E-state index contributed by atoms with van der Waals surface area (Å²) in [5.74, 6) is -0.874. The molecule has 0 atom stereocenters. The SMILES string of the molecule is O=C(O)CCCn1c(=S)[nH]c2c(sc3ccccc32)c1=O. The third kappa shape index (κ3) is 2.50. The molecular formula is C14H12N2O3S2. The van der Waals surface area contributed by atoms with Crippen LogP contribution in [-0.4, -0.2) is 20.6 Å². The van der Waals surface area contributed by atoms with E-state index in [1.165, 1.54) is 15.9 Å². The predicted molar refractivity (Wildman–Crippen MR) is 85.6 cm³/mol. The Labute approximate surface area is 128 Å². The Hall–Kier alpha value is -1.99. The zero-order chi connectivity index (χ0) is 15.0. The van der Waals surface area contributed by atoms with Gasteiger partial charge in [0.15, 0.2) is 4.77 Å².